The highest BCUT2D eigenvalue weighted by Crippen LogP contribution is 2.13. The lowest BCUT2D eigenvalue weighted by Crippen LogP contribution is -2.22. The summed E-state index contributed by atoms with van der Waals surface area (Å²) in [6.45, 7) is 7.09. The van der Waals surface area contributed by atoms with Crippen molar-refractivity contribution in [3.63, 3.8) is 0 Å². The summed E-state index contributed by atoms with van der Waals surface area (Å²) < 4.78 is 0. The zero-order chi connectivity index (χ0) is 15.2. The Morgan fingerprint density at radius 2 is 2.14 bits per heavy atom. The summed E-state index contributed by atoms with van der Waals surface area (Å²) in [7, 11) is 0. The number of H-pyrrole nitrogens is 1. The molecular weight excluding hydrogens is 268 g/mol. The lowest BCUT2D eigenvalue weighted by atomic mass is 10.2. The Morgan fingerprint density at radius 3 is 2.76 bits per heavy atom. The van der Waals surface area contributed by atoms with Gasteiger partial charge in [0.05, 0.1) is 0 Å². The molecule has 4 N–H and O–H groups in total. The molecule has 0 unspecified atom stereocenters. The number of hydrogen-bond donors (Lipinski definition) is 3. The maximum atomic E-state index is 12.0. The summed E-state index contributed by atoms with van der Waals surface area (Å²) >= 11 is 0. The maximum absolute atomic E-state index is 12.0. The number of amides is 1. The van der Waals surface area contributed by atoms with Crippen molar-refractivity contribution < 1.29 is 4.79 Å². The molecule has 2 aromatic rings. The third-order valence-electron chi connectivity index (χ3n) is 3.20. The van der Waals surface area contributed by atoms with Crippen molar-refractivity contribution in [3.8, 4) is 0 Å². The largest absolute Gasteiger partial charge is 0.366 e. The van der Waals surface area contributed by atoms with Crippen LogP contribution in [-0.4, -0.2) is 39.1 Å². The highest BCUT2D eigenvalue weighted by Gasteiger charge is 2.11. The molecule has 1 aromatic carbocycles. The van der Waals surface area contributed by atoms with Crippen LogP contribution in [0.1, 0.15) is 30.0 Å². The van der Waals surface area contributed by atoms with Crippen molar-refractivity contribution in [2.24, 2.45) is 0 Å². The second-order valence-corrected chi connectivity index (χ2v) is 4.66. The number of nitrogen functional groups attached to an aromatic ring is 1. The summed E-state index contributed by atoms with van der Waals surface area (Å²) in [4.78, 5) is 18.1. The Labute approximate surface area is 123 Å². The van der Waals surface area contributed by atoms with E-state index in [1.165, 1.54) is 0 Å². The summed E-state index contributed by atoms with van der Waals surface area (Å²) in [6, 6.07) is 7.75. The van der Waals surface area contributed by atoms with Gasteiger partial charge in [-0.05, 0) is 30.8 Å². The van der Waals surface area contributed by atoms with Crippen molar-refractivity contribution in [2.75, 3.05) is 24.1 Å². The van der Waals surface area contributed by atoms with E-state index in [0.717, 1.165) is 30.9 Å². The normalized spacial score (nSPS) is 10.8. The molecule has 7 nitrogen and oxygen atoms in total. The zero-order valence-electron chi connectivity index (χ0n) is 12.3. The minimum absolute atomic E-state index is 0.0513. The van der Waals surface area contributed by atoms with Crippen molar-refractivity contribution >= 4 is 17.5 Å². The molecule has 0 aliphatic carbocycles. The average molecular weight is 288 g/mol. The topological polar surface area (TPSA) is 99.9 Å². The van der Waals surface area contributed by atoms with Crippen molar-refractivity contribution in [1.82, 2.24) is 20.1 Å². The summed E-state index contributed by atoms with van der Waals surface area (Å²) in [6.07, 6.45) is 0. The van der Waals surface area contributed by atoms with Crippen LogP contribution in [0.3, 0.4) is 0 Å². The molecule has 0 aliphatic heterocycles. The zero-order valence-corrected chi connectivity index (χ0v) is 12.3. The van der Waals surface area contributed by atoms with Gasteiger partial charge in [-0.25, -0.2) is 0 Å². The number of nitrogens with two attached hydrogens (primary N) is 1. The highest BCUT2D eigenvalue weighted by molar-refractivity contribution is 6.01. The van der Waals surface area contributed by atoms with Gasteiger partial charge in [-0.2, -0.15) is 4.98 Å². The molecule has 0 atom stereocenters. The van der Waals surface area contributed by atoms with Crippen LogP contribution in [0.15, 0.2) is 24.3 Å². The quantitative estimate of drug-likeness (QED) is 0.747. The van der Waals surface area contributed by atoms with E-state index in [1.54, 1.807) is 0 Å². The van der Waals surface area contributed by atoms with Crippen LogP contribution >= 0.6 is 0 Å². The van der Waals surface area contributed by atoms with E-state index in [0.29, 0.717) is 0 Å². The van der Waals surface area contributed by atoms with Gasteiger partial charge in [-0.1, -0.05) is 26.0 Å². The third kappa shape index (κ3) is 4.03. The Morgan fingerprint density at radius 1 is 1.38 bits per heavy atom. The van der Waals surface area contributed by atoms with E-state index in [1.807, 2.05) is 24.3 Å². The fourth-order valence-corrected chi connectivity index (χ4v) is 2.02. The number of rotatable bonds is 6. The lowest BCUT2D eigenvalue weighted by Gasteiger charge is -2.18. The molecule has 0 bridgehead atoms. The van der Waals surface area contributed by atoms with Crippen LogP contribution < -0.4 is 11.1 Å². The third-order valence-corrected chi connectivity index (χ3v) is 3.20. The first-order chi connectivity index (χ1) is 10.1. The van der Waals surface area contributed by atoms with Crippen LogP contribution in [0, 0.1) is 0 Å². The molecule has 112 valence electrons. The van der Waals surface area contributed by atoms with Gasteiger partial charge in [0.25, 0.3) is 5.91 Å². The molecule has 2 rings (SSSR count). The number of anilines is 2. The van der Waals surface area contributed by atoms with Crippen LogP contribution in [0.4, 0.5) is 11.6 Å². The smallest absolute Gasteiger partial charge is 0.293 e. The second kappa shape index (κ2) is 6.85. The monoisotopic (exact) mass is 288 g/mol. The van der Waals surface area contributed by atoms with E-state index in [4.69, 9.17) is 5.73 Å². The van der Waals surface area contributed by atoms with Crippen molar-refractivity contribution in [3.05, 3.63) is 35.7 Å². The molecule has 1 aromatic heterocycles. The molecule has 7 heteroatoms. The molecule has 0 saturated carbocycles. The minimum atomic E-state index is -0.362. The maximum Gasteiger partial charge on any atom is 0.293 e. The highest BCUT2D eigenvalue weighted by atomic mass is 16.2. The van der Waals surface area contributed by atoms with E-state index in [9.17, 15) is 4.79 Å². The van der Waals surface area contributed by atoms with Gasteiger partial charge in [0, 0.05) is 12.2 Å². The van der Waals surface area contributed by atoms with E-state index in [2.05, 4.69) is 39.2 Å². The van der Waals surface area contributed by atoms with E-state index in [-0.39, 0.29) is 17.7 Å². The first-order valence-corrected chi connectivity index (χ1v) is 6.93. The van der Waals surface area contributed by atoms with Gasteiger partial charge in [-0.3, -0.25) is 14.8 Å². The molecule has 21 heavy (non-hydrogen) atoms. The Kier molecular flexibility index (Phi) is 4.89. The number of carbonyl (C=O) groups excluding carboxylic acids is 1. The van der Waals surface area contributed by atoms with Gasteiger partial charge < -0.3 is 11.1 Å². The van der Waals surface area contributed by atoms with Gasteiger partial charge >= 0.3 is 0 Å². The Hall–Kier alpha value is -2.41. The molecule has 1 amide bonds. The summed E-state index contributed by atoms with van der Waals surface area (Å²) in [5.74, 6) is -0.212. The number of nitrogens with zero attached hydrogens (tertiary/aromatic N) is 3. The first kappa shape index (κ1) is 15.0. The SMILES string of the molecule is CCN(CC)Cc1cccc(NC(=O)c2nc(N)n[nH]2)c1. The Bertz CT molecular complexity index is 605. The molecule has 0 fully saturated rings. The molecule has 0 spiro atoms. The van der Waals surface area contributed by atoms with Crippen LogP contribution in [0.5, 0.6) is 0 Å². The van der Waals surface area contributed by atoms with E-state index < -0.39 is 0 Å². The second-order valence-electron chi connectivity index (χ2n) is 4.66. The number of aromatic amines is 1. The average Bonchev–Trinajstić information content (AvgIpc) is 2.92. The fraction of sp³-hybridized carbons (Fsp3) is 0.357. The van der Waals surface area contributed by atoms with Crippen LogP contribution in [-0.2, 0) is 6.54 Å². The fourth-order valence-electron chi connectivity index (χ4n) is 2.02. The first-order valence-electron chi connectivity index (χ1n) is 6.93. The number of nitrogens with one attached hydrogen (secondary N) is 2. The predicted molar refractivity (Wildman–Crippen MR) is 81.8 cm³/mol. The van der Waals surface area contributed by atoms with Crippen LogP contribution in [0.2, 0.25) is 0 Å². The number of aromatic nitrogens is 3. The van der Waals surface area contributed by atoms with Gasteiger partial charge in [0.1, 0.15) is 0 Å². The number of benzene rings is 1. The lowest BCUT2D eigenvalue weighted by molar-refractivity contribution is 0.101. The molecule has 1 heterocycles. The number of carbonyl (C=O) groups is 1. The predicted octanol–water partition coefficient (Wildman–Crippen LogP) is 1.48. The van der Waals surface area contributed by atoms with Gasteiger partial charge in [0.2, 0.25) is 11.8 Å². The van der Waals surface area contributed by atoms with Crippen molar-refractivity contribution in [1.29, 1.82) is 0 Å². The summed E-state index contributed by atoms with van der Waals surface area (Å²) in [5, 5.41) is 8.89. The molecule has 0 radical (unpaired) electrons. The van der Waals surface area contributed by atoms with Gasteiger partial charge in [-0.15, -0.1) is 5.10 Å². The van der Waals surface area contributed by atoms with E-state index >= 15 is 0 Å². The summed E-state index contributed by atoms with van der Waals surface area (Å²) in [5.41, 5.74) is 7.25. The van der Waals surface area contributed by atoms with Gasteiger partial charge in [0.15, 0.2) is 0 Å². The Balaban J connectivity index is 2.05. The number of hydrogen-bond acceptors (Lipinski definition) is 5. The van der Waals surface area contributed by atoms with Crippen LogP contribution in [0.25, 0.3) is 0 Å². The molecule has 0 aliphatic rings. The molecular formula is C14H20N6O. The minimum Gasteiger partial charge on any atom is -0.366 e. The standard InChI is InChI=1S/C14H20N6O/c1-3-20(4-2)9-10-6-5-7-11(8-10)16-13(21)12-17-14(15)19-18-12/h5-8H,3-4,9H2,1-2H3,(H,16,21)(H3,15,17,18,19). The van der Waals surface area contributed by atoms with Crippen molar-refractivity contribution in [2.45, 2.75) is 20.4 Å². The molecule has 0 saturated heterocycles.